The second kappa shape index (κ2) is 6.65. The molecule has 2 rings (SSSR count). The maximum atomic E-state index is 11.8. The first-order valence-corrected chi connectivity index (χ1v) is 7.48. The van der Waals surface area contributed by atoms with Crippen molar-refractivity contribution in [2.24, 2.45) is 0 Å². The first kappa shape index (κ1) is 16.1. The number of hydrogen-bond acceptors (Lipinski definition) is 5. The van der Waals surface area contributed by atoms with E-state index in [4.69, 9.17) is 10.00 Å². The minimum Gasteiger partial charge on any atom is -0.444 e. The number of amides is 1. The molecule has 118 valence electrons. The number of alkyl carbamates (subject to hydrolysis) is 1. The van der Waals surface area contributed by atoms with Gasteiger partial charge in [-0.1, -0.05) is 0 Å². The van der Waals surface area contributed by atoms with Gasteiger partial charge in [-0.05, 0) is 45.7 Å². The number of anilines is 1. The summed E-state index contributed by atoms with van der Waals surface area (Å²) in [7, 11) is 0. The lowest BCUT2D eigenvalue weighted by Crippen LogP contribution is -2.46. The number of carbonyl (C=O) groups is 1. The van der Waals surface area contributed by atoms with Crippen LogP contribution < -0.4 is 10.2 Å². The largest absolute Gasteiger partial charge is 0.444 e. The van der Waals surface area contributed by atoms with Gasteiger partial charge in [-0.15, -0.1) is 0 Å². The Hall–Kier alpha value is -2.29. The lowest BCUT2D eigenvalue weighted by atomic mass is 10.0. The highest BCUT2D eigenvalue weighted by atomic mass is 16.6. The standard InChI is InChI=1S/C16H22N4O2/c1-16(2,3)22-15(21)19-12-6-9-20(10-7-12)14-5-4-8-18-13(14)11-17/h4-5,8,12H,6-7,9-10H2,1-3H3,(H,19,21). The second-order valence-electron chi connectivity index (χ2n) is 6.39. The summed E-state index contributed by atoms with van der Waals surface area (Å²) in [5.74, 6) is 0. The zero-order valence-electron chi connectivity index (χ0n) is 13.3. The van der Waals surface area contributed by atoms with Crippen LogP contribution in [0.1, 0.15) is 39.3 Å². The maximum Gasteiger partial charge on any atom is 0.407 e. The summed E-state index contributed by atoms with van der Waals surface area (Å²) in [5.41, 5.74) is 0.823. The van der Waals surface area contributed by atoms with Crippen molar-refractivity contribution in [1.29, 1.82) is 5.26 Å². The molecule has 22 heavy (non-hydrogen) atoms. The minimum absolute atomic E-state index is 0.105. The van der Waals surface area contributed by atoms with Crippen molar-refractivity contribution in [3.05, 3.63) is 24.0 Å². The van der Waals surface area contributed by atoms with Gasteiger partial charge in [0.15, 0.2) is 5.69 Å². The molecule has 0 spiro atoms. The quantitative estimate of drug-likeness (QED) is 0.908. The molecule has 2 heterocycles. The number of pyridine rings is 1. The molecule has 1 fully saturated rings. The van der Waals surface area contributed by atoms with Gasteiger partial charge in [0.2, 0.25) is 0 Å². The Morgan fingerprint density at radius 3 is 2.73 bits per heavy atom. The van der Waals surface area contributed by atoms with E-state index in [1.807, 2.05) is 32.9 Å². The first-order valence-electron chi connectivity index (χ1n) is 7.48. The van der Waals surface area contributed by atoms with Crippen LogP contribution in [0, 0.1) is 11.3 Å². The number of piperidine rings is 1. The first-order chi connectivity index (χ1) is 10.4. The summed E-state index contributed by atoms with van der Waals surface area (Å²) in [5, 5.41) is 12.0. The van der Waals surface area contributed by atoms with Crippen LogP contribution in [0.3, 0.4) is 0 Å². The molecule has 0 saturated carbocycles. The van der Waals surface area contributed by atoms with Gasteiger partial charge in [-0.3, -0.25) is 0 Å². The van der Waals surface area contributed by atoms with Gasteiger partial charge in [0.25, 0.3) is 0 Å². The summed E-state index contributed by atoms with van der Waals surface area (Å²) in [6.07, 6.45) is 2.89. The zero-order chi connectivity index (χ0) is 16.2. The monoisotopic (exact) mass is 302 g/mol. The van der Waals surface area contributed by atoms with Crippen molar-refractivity contribution in [1.82, 2.24) is 10.3 Å². The lowest BCUT2D eigenvalue weighted by molar-refractivity contribution is 0.0497. The van der Waals surface area contributed by atoms with Crippen LogP contribution in [-0.4, -0.2) is 35.8 Å². The van der Waals surface area contributed by atoms with Gasteiger partial charge >= 0.3 is 6.09 Å². The van der Waals surface area contributed by atoms with E-state index in [0.29, 0.717) is 5.69 Å². The third kappa shape index (κ3) is 4.35. The predicted molar refractivity (Wildman–Crippen MR) is 83.6 cm³/mol. The molecule has 1 aromatic rings. The highest BCUT2D eigenvalue weighted by Crippen LogP contribution is 2.22. The van der Waals surface area contributed by atoms with Crippen LogP contribution in [0.15, 0.2) is 18.3 Å². The number of rotatable bonds is 2. The molecule has 6 heteroatoms. The molecule has 0 atom stereocenters. The van der Waals surface area contributed by atoms with Gasteiger partial charge in [0, 0.05) is 25.3 Å². The van der Waals surface area contributed by atoms with Crippen molar-refractivity contribution < 1.29 is 9.53 Å². The molecule has 0 radical (unpaired) electrons. The molecule has 6 nitrogen and oxygen atoms in total. The second-order valence-corrected chi connectivity index (χ2v) is 6.39. The number of nitriles is 1. The van der Waals surface area contributed by atoms with E-state index in [1.54, 1.807) is 6.20 Å². The fourth-order valence-electron chi connectivity index (χ4n) is 2.48. The maximum absolute atomic E-state index is 11.8. The van der Waals surface area contributed by atoms with E-state index in [-0.39, 0.29) is 12.1 Å². The van der Waals surface area contributed by atoms with E-state index in [0.717, 1.165) is 31.6 Å². The van der Waals surface area contributed by atoms with Crippen molar-refractivity contribution in [3.63, 3.8) is 0 Å². The van der Waals surface area contributed by atoms with Gasteiger partial charge in [-0.25, -0.2) is 9.78 Å². The van der Waals surface area contributed by atoms with Crippen molar-refractivity contribution in [2.45, 2.75) is 45.3 Å². The Morgan fingerprint density at radius 1 is 1.45 bits per heavy atom. The average molecular weight is 302 g/mol. The van der Waals surface area contributed by atoms with E-state index >= 15 is 0 Å². The number of nitrogens with zero attached hydrogens (tertiary/aromatic N) is 3. The SMILES string of the molecule is CC(C)(C)OC(=O)NC1CCN(c2cccnc2C#N)CC1. The number of aromatic nitrogens is 1. The summed E-state index contributed by atoms with van der Waals surface area (Å²) in [6.45, 7) is 7.10. The fraction of sp³-hybridized carbons (Fsp3) is 0.562. The molecular weight excluding hydrogens is 280 g/mol. The van der Waals surface area contributed by atoms with Crippen LogP contribution in [-0.2, 0) is 4.74 Å². The Bertz CT molecular complexity index is 566. The summed E-state index contributed by atoms with van der Waals surface area (Å²) in [6, 6.07) is 5.97. The van der Waals surface area contributed by atoms with Gasteiger partial charge in [0.05, 0.1) is 5.69 Å². The topological polar surface area (TPSA) is 78.2 Å². The van der Waals surface area contributed by atoms with Gasteiger partial charge < -0.3 is 15.0 Å². The van der Waals surface area contributed by atoms with Crippen molar-refractivity contribution in [2.75, 3.05) is 18.0 Å². The lowest BCUT2D eigenvalue weighted by Gasteiger charge is -2.34. The highest BCUT2D eigenvalue weighted by Gasteiger charge is 2.24. The highest BCUT2D eigenvalue weighted by molar-refractivity contribution is 5.68. The molecule has 1 aliphatic heterocycles. The molecule has 0 bridgehead atoms. The summed E-state index contributed by atoms with van der Waals surface area (Å²) >= 11 is 0. The van der Waals surface area contributed by atoms with Crippen LogP contribution in [0.25, 0.3) is 0 Å². The van der Waals surface area contributed by atoms with Crippen LogP contribution in [0.4, 0.5) is 10.5 Å². The van der Waals surface area contributed by atoms with Gasteiger partial charge in [0.1, 0.15) is 11.7 Å². The van der Waals surface area contributed by atoms with Crippen LogP contribution in [0.5, 0.6) is 0 Å². The molecule has 1 N–H and O–H groups in total. The Morgan fingerprint density at radius 2 is 2.14 bits per heavy atom. The Labute approximate surface area is 131 Å². The summed E-state index contributed by atoms with van der Waals surface area (Å²) < 4.78 is 5.27. The number of carbonyl (C=O) groups excluding carboxylic acids is 1. The third-order valence-corrected chi connectivity index (χ3v) is 3.45. The molecule has 0 aliphatic carbocycles. The molecule has 1 aromatic heterocycles. The predicted octanol–water partition coefficient (Wildman–Crippen LogP) is 2.45. The average Bonchev–Trinajstić information content (AvgIpc) is 2.46. The van der Waals surface area contributed by atoms with Crippen molar-refractivity contribution >= 4 is 11.8 Å². The molecule has 0 aromatic carbocycles. The van der Waals surface area contributed by atoms with Crippen LogP contribution >= 0.6 is 0 Å². The molecular formula is C16H22N4O2. The number of hydrogen-bond donors (Lipinski definition) is 1. The van der Waals surface area contributed by atoms with E-state index < -0.39 is 5.60 Å². The molecule has 1 aliphatic rings. The van der Waals surface area contributed by atoms with Crippen LogP contribution in [0.2, 0.25) is 0 Å². The molecule has 1 amide bonds. The van der Waals surface area contributed by atoms with E-state index in [2.05, 4.69) is 21.3 Å². The number of nitrogens with one attached hydrogen (secondary N) is 1. The Balaban J connectivity index is 1.88. The normalized spacial score (nSPS) is 16.0. The summed E-state index contributed by atoms with van der Waals surface area (Å²) in [4.78, 5) is 18.0. The smallest absolute Gasteiger partial charge is 0.407 e. The minimum atomic E-state index is -0.484. The van der Waals surface area contributed by atoms with E-state index in [9.17, 15) is 4.79 Å². The zero-order valence-corrected chi connectivity index (χ0v) is 13.3. The van der Waals surface area contributed by atoms with Gasteiger partial charge in [-0.2, -0.15) is 5.26 Å². The third-order valence-electron chi connectivity index (χ3n) is 3.45. The molecule has 1 saturated heterocycles. The molecule has 0 unspecified atom stereocenters. The number of ether oxygens (including phenoxy) is 1. The van der Waals surface area contributed by atoms with Crippen molar-refractivity contribution in [3.8, 4) is 6.07 Å². The van der Waals surface area contributed by atoms with E-state index in [1.165, 1.54) is 0 Å². The Kier molecular flexibility index (Phi) is 4.86. The fourth-order valence-corrected chi connectivity index (χ4v) is 2.48.